The van der Waals surface area contributed by atoms with E-state index in [0.717, 1.165) is 36.6 Å². The molecule has 0 saturated carbocycles. The maximum Gasteiger partial charge on any atom is 0.273 e. The first-order chi connectivity index (χ1) is 10.1. The van der Waals surface area contributed by atoms with E-state index in [-0.39, 0.29) is 23.0 Å². The molecule has 21 heavy (non-hydrogen) atoms. The Labute approximate surface area is 124 Å². The Morgan fingerprint density at radius 3 is 2.95 bits per heavy atom. The summed E-state index contributed by atoms with van der Waals surface area (Å²) in [5, 5.41) is 12.7. The van der Waals surface area contributed by atoms with Crippen LogP contribution in [0.4, 0.5) is 10.1 Å². The van der Waals surface area contributed by atoms with Crippen LogP contribution in [0, 0.1) is 15.9 Å². The van der Waals surface area contributed by atoms with Crippen molar-refractivity contribution in [3.05, 3.63) is 61.6 Å². The fourth-order valence-electron chi connectivity index (χ4n) is 2.78. The molecule has 1 aromatic carbocycles. The van der Waals surface area contributed by atoms with Gasteiger partial charge >= 0.3 is 0 Å². The normalized spacial score (nSPS) is 17.3. The van der Waals surface area contributed by atoms with Crippen molar-refractivity contribution in [3.8, 4) is 0 Å². The van der Waals surface area contributed by atoms with Crippen LogP contribution in [0.3, 0.4) is 0 Å². The number of hydrogen-bond donors (Lipinski definition) is 0. The molecule has 0 N–H and O–H groups in total. The number of hydrogen-bond acceptors (Lipinski definition) is 4. The molecule has 1 atom stereocenters. The molecule has 1 aliphatic rings. The average molecular weight is 305 g/mol. The molecule has 6 heteroatoms. The third kappa shape index (κ3) is 2.58. The summed E-state index contributed by atoms with van der Waals surface area (Å²) in [6, 6.07) is 4.99. The van der Waals surface area contributed by atoms with Gasteiger partial charge < -0.3 is 0 Å². The van der Waals surface area contributed by atoms with E-state index < -0.39 is 10.7 Å². The van der Waals surface area contributed by atoms with Crippen LogP contribution < -0.4 is 0 Å². The third-order valence-electron chi connectivity index (χ3n) is 3.75. The summed E-state index contributed by atoms with van der Waals surface area (Å²) in [5.74, 6) is -1.31. The Kier molecular flexibility index (Phi) is 3.55. The first-order valence-corrected chi connectivity index (χ1v) is 7.49. The van der Waals surface area contributed by atoms with Gasteiger partial charge in [-0.05, 0) is 42.3 Å². The second-order valence-corrected chi connectivity index (χ2v) is 6.06. The molecule has 0 aliphatic heterocycles. The fraction of sp³-hybridized carbons (Fsp3) is 0.267. The Bertz CT molecular complexity index is 725. The van der Waals surface area contributed by atoms with Crippen molar-refractivity contribution in [3.63, 3.8) is 0 Å². The Morgan fingerprint density at radius 1 is 1.38 bits per heavy atom. The van der Waals surface area contributed by atoms with Gasteiger partial charge in [-0.1, -0.05) is 0 Å². The summed E-state index contributed by atoms with van der Waals surface area (Å²) in [6.45, 7) is 0. The zero-order valence-corrected chi connectivity index (χ0v) is 11.9. The summed E-state index contributed by atoms with van der Waals surface area (Å²) < 4.78 is 13.5. The van der Waals surface area contributed by atoms with Crippen molar-refractivity contribution in [2.45, 2.75) is 25.2 Å². The SMILES string of the molecule is O=C(c1cc(F)cc([N+](=O)[O-])c1)C1CCCc2sccc21. The fourth-order valence-corrected chi connectivity index (χ4v) is 3.77. The Morgan fingerprint density at radius 2 is 2.19 bits per heavy atom. The second kappa shape index (κ2) is 5.37. The summed E-state index contributed by atoms with van der Waals surface area (Å²) in [7, 11) is 0. The minimum absolute atomic E-state index is 0.0748. The number of thiophene rings is 1. The Balaban J connectivity index is 1.99. The monoisotopic (exact) mass is 305 g/mol. The van der Waals surface area contributed by atoms with Gasteiger partial charge in [0.25, 0.3) is 5.69 Å². The molecule has 1 aromatic heterocycles. The van der Waals surface area contributed by atoms with Crippen molar-refractivity contribution in [1.29, 1.82) is 0 Å². The highest BCUT2D eigenvalue weighted by molar-refractivity contribution is 7.10. The molecule has 0 spiro atoms. The van der Waals surface area contributed by atoms with Crippen molar-refractivity contribution in [1.82, 2.24) is 0 Å². The highest BCUT2D eigenvalue weighted by Crippen LogP contribution is 2.37. The van der Waals surface area contributed by atoms with Crippen molar-refractivity contribution in [2.24, 2.45) is 0 Å². The van der Waals surface area contributed by atoms with Gasteiger partial charge in [0, 0.05) is 22.4 Å². The smallest absolute Gasteiger partial charge is 0.273 e. The minimum Gasteiger partial charge on any atom is -0.293 e. The average Bonchev–Trinajstić information content (AvgIpc) is 2.94. The summed E-state index contributed by atoms with van der Waals surface area (Å²) in [5.41, 5.74) is 0.675. The van der Waals surface area contributed by atoms with Crippen molar-refractivity contribution in [2.75, 3.05) is 0 Å². The molecule has 0 saturated heterocycles. The molecule has 0 bridgehead atoms. The zero-order valence-electron chi connectivity index (χ0n) is 11.0. The molecule has 1 heterocycles. The van der Waals surface area contributed by atoms with Crippen LogP contribution in [0.5, 0.6) is 0 Å². The summed E-state index contributed by atoms with van der Waals surface area (Å²) in [4.78, 5) is 23.9. The third-order valence-corrected chi connectivity index (χ3v) is 4.74. The number of non-ortho nitro benzene ring substituents is 1. The lowest BCUT2D eigenvalue weighted by molar-refractivity contribution is -0.385. The predicted octanol–water partition coefficient (Wildman–Crippen LogP) is 4.10. The van der Waals surface area contributed by atoms with E-state index in [2.05, 4.69) is 0 Å². The molecule has 3 rings (SSSR count). The van der Waals surface area contributed by atoms with Gasteiger partial charge in [0.2, 0.25) is 0 Å². The number of Topliss-reactive ketones (excluding diaryl/α,β-unsaturated/α-hetero) is 1. The van der Waals surface area contributed by atoms with Gasteiger partial charge in [0.1, 0.15) is 5.82 Å². The van der Waals surface area contributed by atoms with Crippen LogP contribution in [0.15, 0.2) is 29.6 Å². The molecular formula is C15H12FNO3S. The van der Waals surface area contributed by atoms with Crippen LogP contribution >= 0.6 is 11.3 Å². The minimum atomic E-state index is -0.756. The van der Waals surface area contributed by atoms with Crippen LogP contribution in [-0.2, 0) is 6.42 Å². The van der Waals surface area contributed by atoms with Crippen molar-refractivity contribution >= 4 is 22.8 Å². The summed E-state index contributed by atoms with van der Waals surface area (Å²) >= 11 is 1.62. The van der Waals surface area contributed by atoms with E-state index >= 15 is 0 Å². The molecule has 4 nitrogen and oxygen atoms in total. The number of rotatable bonds is 3. The first-order valence-electron chi connectivity index (χ1n) is 6.61. The van der Waals surface area contributed by atoms with Crippen LogP contribution in [0.2, 0.25) is 0 Å². The second-order valence-electron chi connectivity index (χ2n) is 5.06. The quantitative estimate of drug-likeness (QED) is 0.487. The van der Waals surface area contributed by atoms with Gasteiger partial charge in [-0.3, -0.25) is 14.9 Å². The largest absolute Gasteiger partial charge is 0.293 e. The first kappa shape index (κ1) is 13.9. The number of carbonyl (C=O) groups excluding carboxylic acids is 1. The lowest BCUT2D eigenvalue weighted by Gasteiger charge is -2.21. The van der Waals surface area contributed by atoms with Gasteiger partial charge in [-0.2, -0.15) is 0 Å². The van der Waals surface area contributed by atoms with Gasteiger partial charge in [0.15, 0.2) is 5.78 Å². The molecule has 1 unspecified atom stereocenters. The number of nitro groups is 1. The van der Waals surface area contributed by atoms with Gasteiger partial charge in [0.05, 0.1) is 11.0 Å². The van der Waals surface area contributed by atoms with E-state index in [1.807, 2.05) is 11.4 Å². The van der Waals surface area contributed by atoms with E-state index in [0.29, 0.717) is 6.42 Å². The highest BCUT2D eigenvalue weighted by atomic mass is 32.1. The number of benzene rings is 1. The molecule has 1 aliphatic carbocycles. The van der Waals surface area contributed by atoms with Crippen LogP contribution in [0.25, 0.3) is 0 Å². The van der Waals surface area contributed by atoms with Crippen LogP contribution in [0.1, 0.15) is 39.6 Å². The number of ketones is 1. The standard InChI is InChI=1S/C15H12FNO3S/c16-10-6-9(7-11(8-10)17(19)20)15(18)13-2-1-3-14-12(13)4-5-21-14/h4-8,13H,1-3H2. The molecular weight excluding hydrogens is 293 g/mol. The number of carbonyl (C=O) groups is 1. The van der Waals surface area contributed by atoms with Crippen LogP contribution in [-0.4, -0.2) is 10.7 Å². The summed E-state index contributed by atoms with van der Waals surface area (Å²) in [6.07, 6.45) is 2.56. The lowest BCUT2D eigenvalue weighted by atomic mass is 9.82. The molecule has 0 amide bonds. The van der Waals surface area contributed by atoms with E-state index in [1.54, 1.807) is 11.3 Å². The number of halogens is 1. The van der Waals surface area contributed by atoms with E-state index in [1.165, 1.54) is 4.88 Å². The zero-order chi connectivity index (χ0) is 15.0. The number of nitro benzene ring substituents is 1. The Hall–Kier alpha value is -2.08. The van der Waals surface area contributed by atoms with E-state index in [9.17, 15) is 19.3 Å². The highest BCUT2D eigenvalue weighted by Gasteiger charge is 2.29. The molecule has 0 radical (unpaired) electrons. The van der Waals surface area contributed by atoms with Crippen molar-refractivity contribution < 1.29 is 14.1 Å². The van der Waals surface area contributed by atoms with Gasteiger partial charge in [-0.25, -0.2) is 4.39 Å². The lowest BCUT2D eigenvalue weighted by Crippen LogP contribution is -2.17. The number of nitrogens with zero attached hydrogens (tertiary/aromatic N) is 1. The maximum atomic E-state index is 13.5. The predicted molar refractivity (Wildman–Crippen MR) is 77.4 cm³/mol. The maximum absolute atomic E-state index is 13.5. The number of aryl methyl sites for hydroxylation is 1. The molecule has 2 aromatic rings. The molecule has 108 valence electrons. The molecule has 0 fully saturated rings. The van der Waals surface area contributed by atoms with Gasteiger partial charge in [-0.15, -0.1) is 11.3 Å². The number of fused-ring (bicyclic) bond motifs is 1. The topological polar surface area (TPSA) is 60.2 Å². The van der Waals surface area contributed by atoms with E-state index in [4.69, 9.17) is 0 Å².